The minimum absolute atomic E-state index is 0. The molecule has 0 aliphatic carbocycles. The van der Waals surface area contributed by atoms with Gasteiger partial charge < -0.3 is 14.9 Å². The molecule has 0 spiro atoms. The molecule has 0 nitrogen and oxygen atoms in total. The monoisotopic (exact) mass is 1080 g/mol. The van der Waals surface area contributed by atoms with Gasteiger partial charge in [-0.25, -0.2) is 0 Å². The van der Waals surface area contributed by atoms with Gasteiger partial charge in [0.05, 0.1) is 40.4 Å². The van der Waals surface area contributed by atoms with Gasteiger partial charge in [0.2, 0.25) is 0 Å². The Morgan fingerprint density at radius 1 is 0.403 bits per heavy atom. The first-order valence-corrected chi connectivity index (χ1v) is 39.8. The van der Waals surface area contributed by atoms with Gasteiger partial charge in [0.25, 0.3) is 0 Å². The van der Waals surface area contributed by atoms with Crippen LogP contribution in [0.2, 0.25) is 90.7 Å². The van der Waals surface area contributed by atoms with Crippen LogP contribution < -0.4 is 31.1 Å². The van der Waals surface area contributed by atoms with Crippen molar-refractivity contribution in [3.63, 3.8) is 0 Å². The minimum atomic E-state index is -2.20. The van der Waals surface area contributed by atoms with Crippen molar-refractivity contribution >= 4 is 93.0 Å². The van der Waals surface area contributed by atoms with Crippen LogP contribution in [0.5, 0.6) is 0 Å². The molecule has 332 valence electrons. The van der Waals surface area contributed by atoms with Crippen molar-refractivity contribution in [2.45, 2.75) is 156 Å². The van der Waals surface area contributed by atoms with E-state index in [1.54, 1.807) is 31.1 Å². The summed E-state index contributed by atoms with van der Waals surface area (Å²) in [6, 6.07) is 43.4. The van der Waals surface area contributed by atoms with Gasteiger partial charge in [-0.05, 0) is 11.1 Å². The second-order valence-electron chi connectivity index (χ2n) is 22.4. The van der Waals surface area contributed by atoms with E-state index in [4.69, 9.17) is 0 Å². The summed E-state index contributed by atoms with van der Waals surface area (Å²) in [5, 5.41) is 15.5. The second-order valence-corrected chi connectivity index (χ2v) is 47.0. The molecule has 6 heteroatoms. The number of hydrogen-bond donors (Lipinski definition) is 0. The Labute approximate surface area is 405 Å². The SMILES string of the molecule is CCCCCC[Si](CCCCCC)(c1cc2c(-c3cc([Si](C)(C)C)cc([Si](C)(C)C)c3)cccc2[cH-]1)c1cc2c(-c3cc([Si](C)(C)C)cc([Si](C)(C)C)c3)cccc2[cH-]1.[CH3-].[CH3-].[Hf+4]. The van der Waals surface area contributed by atoms with E-state index in [0.717, 1.165) is 0 Å². The Morgan fingerprint density at radius 2 is 0.726 bits per heavy atom. The molecule has 6 aromatic rings. The summed E-state index contributed by atoms with van der Waals surface area (Å²) in [4.78, 5) is 0. The summed E-state index contributed by atoms with van der Waals surface area (Å²) in [5.74, 6) is 0. The maximum atomic E-state index is 2.72. The van der Waals surface area contributed by atoms with Crippen molar-refractivity contribution in [1.29, 1.82) is 0 Å². The molecule has 0 amide bonds. The topological polar surface area (TPSA) is 0 Å². The summed E-state index contributed by atoms with van der Waals surface area (Å²) in [6.45, 7) is 34.9. The third kappa shape index (κ3) is 12.3. The molecular weight excluding hydrogens is 992 g/mol. The summed E-state index contributed by atoms with van der Waals surface area (Å²) >= 11 is 0. The number of unbranched alkanes of at least 4 members (excludes halogenated alkanes) is 6. The first kappa shape index (κ1) is 54.4. The number of hydrogen-bond acceptors (Lipinski definition) is 0. The smallest absolute Gasteiger partial charge is 0.358 e. The third-order valence-electron chi connectivity index (χ3n) is 13.5. The van der Waals surface area contributed by atoms with Gasteiger partial charge in [0.1, 0.15) is 0 Å². The van der Waals surface area contributed by atoms with E-state index in [0.29, 0.717) is 0 Å². The Morgan fingerprint density at radius 3 is 1.02 bits per heavy atom. The Kier molecular flexibility index (Phi) is 18.9. The summed E-state index contributed by atoms with van der Waals surface area (Å²) in [7, 11) is -8.30. The predicted molar refractivity (Wildman–Crippen MR) is 298 cm³/mol. The predicted octanol–water partition coefficient (Wildman–Crippen LogP) is 14.6. The normalized spacial score (nSPS) is 12.6. The van der Waals surface area contributed by atoms with Gasteiger partial charge in [-0.1, -0.05) is 236 Å². The third-order valence-corrected chi connectivity index (χ3v) is 26.8. The Bertz CT molecular complexity index is 2130. The quantitative estimate of drug-likeness (QED) is 0.0457. The van der Waals surface area contributed by atoms with E-state index in [-0.39, 0.29) is 40.7 Å². The van der Waals surface area contributed by atoms with Crippen LogP contribution in [0.4, 0.5) is 0 Å². The average molecular weight is 1080 g/mol. The number of fused-ring (bicyclic) bond motifs is 2. The van der Waals surface area contributed by atoms with Gasteiger partial charge in [0, 0.05) is 0 Å². The van der Waals surface area contributed by atoms with Gasteiger partial charge in [-0.15, -0.1) is 68.3 Å². The van der Waals surface area contributed by atoms with Crippen LogP contribution >= 0.6 is 0 Å². The number of rotatable bonds is 18. The molecule has 0 saturated carbocycles. The van der Waals surface area contributed by atoms with Crippen molar-refractivity contribution in [2.75, 3.05) is 0 Å². The van der Waals surface area contributed by atoms with Crippen molar-refractivity contribution in [3.8, 4) is 22.3 Å². The molecule has 0 fully saturated rings. The fraction of sp³-hybridized carbons (Fsp3) is 0.429. The van der Waals surface area contributed by atoms with Crippen molar-refractivity contribution in [3.05, 3.63) is 112 Å². The van der Waals surface area contributed by atoms with Crippen LogP contribution in [-0.4, -0.2) is 40.4 Å². The van der Waals surface area contributed by atoms with E-state index in [1.165, 1.54) is 107 Å². The average Bonchev–Trinajstić information content (AvgIpc) is 3.81. The van der Waals surface area contributed by atoms with Crippen LogP contribution in [0.15, 0.2) is 97.1 Å². The molecule has 0 unspecified atom stereocenters. The maximum absolute atomic E-state index is 2.72. The largest absolute Gasteiger partial charge is 4.00 e. The first-order chi connectivity index (χ1) is 27.7. The molecule has 0 heterocycles. The molecule has 0 radical (unpaired) electrons. The molecule has 0 aromatic heterocycles. The molecule has 62 heavy (non-hydrogen) atoms. The molecule has 6 rings (SSSR count). The summed E-state index contributed by atoms with van der Waals surface area (Å²) in [5.41, 5.74) is 5.74. The molecular formula is C56H84HfSi5. The maximum Gasteiger partial charge on any atom is 4.00 e. The molecule has 6 aromatic carbocycles. The van der Waals surface area contributed by atoms with Gasteiger partial charge >= 0.3 is 25.8 Å². The zero-order valence-electron chi connectivity index (χ0n) is 42.3. The summed E-state index contributed by atoms with van der Waals surface area (Å²) < 4.78 is 0. The molecule has 0 N–H and O–H groups in total. The van der Waals surface area contributed by atoms with E-state index >= 15 is 0 Å². The van der Waals surface area contributed by atoms with Crippen LogP contribution in [0.1, 0.15) is 65.2 Å². The van der Waals surface area contributed by atoms with E-state index in [9.17, 15) is 0 Å². The van der Waals surface area contributed by atoms with Crippen LogP contribution in [-0.2, 0) is 25.8 Å². The van der Waals surface area contributed by atoms with Crippen LogP contribution in [0, 0.1) is 14.9 Å². The van der Waals surface area contributed by atoms with E-state index in [1.807, 2.05) is 0 Å². The van der Waals surface area contributed by atoms with Crippen LogP contribution in [0.25, 0.3) is 43.8 Å². The number of benzene rings is 4. The van der Waals surface area contributed by atoms with Gasteiger partial charge in [0.15, 0.2) is 0 Å². The first-order valence-electron chi connectivity index (χ1n) is 23.4. The van der Waals surface area contributed by atoms with E-state index in [2.05, 4.69) is 189 Å². The van der Waals surface area contributed by atoms with Gasteiger partial charge in [-0.2, -0.15) is 12.1 Å². The molecule has 0 aliphatic heterocycles. The molecule has 0 aliphatic rings. The zero-order chi connectivity index (χ0) is 43.0. The molecule has 0 saturated heterocycles. The molecule has 0 atom stereocenters. The van der Waals surface area contributed by atoms with Gasteiger partial charge in [-0.3, -0.25) is 0 Å². The van der Waals surface area contributed by atoms with Crippen molar-refractivity contribution in [1.82, 2.24) is 0 Å². The second kappa shape index (κ2) is 21.6. The standard InChI is InChI=1S/C54H78Si5.2CH3.Hf/c1-15-17-19-21-29-59(30-22-20-18-16-2,49-31-41-25-23-27-51(53(41)39-49)43-33-45(55(3,4)5)37-46(34-43)56(6,7)8)50-32-42-26-24-28-52(54(42)40-50)44-35-47(57(9,10)11)38-48(36-44)58(12,13)14;;;/h23-28,31-40H,15-22,29-30H2,1-14H3;2*1H3;/q-2;2*-1;+4. The van der Waals surface area contributed by atoms with E-state index < -0.39 is 40.4 Å². The minimum Gasteiger partial charge on any atom is -0.358 e. The fourth-order valence-electron chi connectivity index (χ4n) is 9.40. The van der Waals surface area contributed by atoms with Crippen molar-refractivity contribution < 1.29 is 25.8 Å². The Balaban J connectivity index is 0.00000341. The Hall–Kier alpha value is -1.95. The molecule has 0 bridgehead atoms. The summed E-state index contributed by atoms with van der Waals surface area (Å²) in [6.07, 6.45) is 10.6. The van der Waals surface area contributed by atoms with Crippen molar-refractivity contribution in [2.24, 2.45) is 0 Å². The fourth-order valence-corrected chi connectivity index (χ4v) is 19.5. The van der Waals surface area contributed by atoms with Crippen LogP contribution in [0.3, 0.4) is 0 Å². The zero-order valence-corrected chi connectivity index (χ0v) is 50.9.